The number of hydrogen-bond acceptors (Lipinski definition) is 2. The lowest BCUT2D eigenvalue weighted by Gasteiger charge is -2.24. The molecular weight excluding hydrogens is 207 g/mol. The minimum Gasteiger partial charge on any atom is -0.389 e. The summed E-state index contributed by atoms with van der Waals surface area (Å²) in [5.41, 5.74) is -1.29. The Hall–Kier alpha value is -0.290. The maximum atomic E-state index is 11.9. The van der Waals surface area contributed by atoms with Crippen LogP contribution in [-0.2, 0) is 0 Å². The molecule has 0 aliphatic carbocycles. The van der Waals surface area contributed by atoms with Crippen LogP contribution in [0.4, 0.5) is 13.2 Å². The lowest BCUT2D eigenvalue weighted by molar-refractivity contribution is -0.145. The van der Waals surface area contributed by atoms with Crippen LogP contribution < -0.4 is 5.32 Å². The number of rotatable bonds is 6. The minimum absolute atomic E-state index is 0.196. The van der Waals surface area contributed by atoms with Gasteiger partial charge in [0.25, 0.3) is 0 Å². The van der Waals surface area contributed by atoms with Crippen LogP contribution in [0, 0.1) is 5.92 Å². The SMILES string of the molecule is CC(C)CNCC(C)(O)CCC(F)(F)F. The molecule has 0 fully saturated rings. The van der Waals surface area contributed by atoms with Crippen molar-refractivity contribution in [2.45, 2.75) is 45.4 Å². The number of hydrogen-bond donors (Lipinski definition) is 2. The summed E-state index contributed by atoms with van der Waals surface area (Å²) < 4.78 is 35.7. The Morgan fingerprint density at radius 1 is 1.20 bits per heavy atom. The molecule has 92 valence electrons. The summed E-state index contributed by atoms with van der Waals surface area (Å²) >= 11 is 0. The summed E-state index contributed by atoms with van der Waals surface area (Å²) in [5, 5.41) is 12.6. The molecule has 1 atom stereocenters. The molecular formula is C10H20F3NO. The fourth-order valence-electron chi connectivity index (χ4n) is 1.13. The molecule has 2 N–H and O–H groups in total. The third-order valence-corrected chi connectivity index (χ3v) is 2.01. The molecule has 0 aliphatic heterocycles. The van der Waals surface area contributed by atoms with Crippen molar-refractivity contribution in [1.82, 2.24) is 5.32 Å². The van der Waals surface area contributed by atoms with E-state index in [1.54, 1.807) is 0 Å². The number of alkyl halides is 3. The summed E-state index contributed by atoms with van der Waals surface area (Å²) in [6, 6.07) is 0. The van der Waals surface area contributed by atoms with E-state index < -0.39 is 18.2 Å². The largest absolute Gasteiger partial charge is 0.389 e. The monoisotopic (exact) mass is 227 g/mol. The summed E-state index contributed by atoms with van der Waals surface area (Å²) in [4.78, 5) is 0. The minimum atomic E-state index is -4.19. The highest BCUT2D eigenvalue weighted by atomic mass is 19.4. The van der Waals surface area contributed by atoms with Crippen molar-refractivity contribution in [3.63, 3.8) is 0 Å². The Morgan fingerprint density at radius 3 is 2.13 bits per heavy atom. The molecule has 15 heavy (non-hydrogen) atoms. The number of aliphatic hydroxyl groups is 1. The van der Waals surface area contributed by atoms with Crippen LogP contribution in [0.15, 0.2) is 0 Å². The van der Waals surface area contributed by atoms with E-state index in [1.165, 1.54) is 6.92 Å². The zero-order valence-electron chi connectivity index (χ0n) is 9.49. The van der Waals surface area contributed by atoms with Crippen LogP contribution in [0.25, 0.3) is 0 Å². The first-order valence-electron chi connectivity index (χ1n) is 5.12. The first kappa shape index (κ1) is 14.7. The van der Waals surface area contributed by atoms with Gasteiger partial charge in [-0.25, -0.2) is 0 Å². The molecule has 0 saturated carbocycles. The summed E-state index contributed by atoms with van der Waals surface area (Å²) in [6.07, 6.45) is -5.40. The number of halogens is 3. The van der Waals surface area contributed by atoms with Crippen molar-refractivity contribution in [1.29, 1.82) is 0 Å². The van der Waals surface area contributed by atoms with E-state index in [2.05, 4.69) is 5.32 Å². The highest BCUT2D eigenvalue weighted by molar-refractivity contribution is 4.76. The quantitative estimate of drug-likeness (QED) is 0.730. The Morgan fingerprint density at radius 2 is 1.73 bits per heavy atom. The summed E-state index contributed by atoms with van der Waals surface area (Å²) in [5.74, 6) is 0.420. The van der Waals surface area contributed by atoms with Gasteiger partial charge in [-0.05, 0) is 25.8 Å². The van der Waals surface area contributed by atoms with Gasteiger partial charge >= 0.3 is 6.18 Å². The normalized spacial score (nSPS) is 16.8. The topological polar surface area (TPSA) is 32.3 Å². The first-order valence-corrected chi connectivity index (χ1v) is 5.12. The fraction of sp³-hybridized carbons (Fsp3) is 1.00. The molecule has 0 aliphatic rings. The van der Waals surface area contributed by atoms with E-state index in [4.69, 9.17) is 0 Å². The lowest BCUT2D eigenvalue weighted by Crippen LogP contribution is -2.39. The van der Waals surface area contributed by atoms with Crippen molar-refractivity contribution in [2.75, 3.05) is 13.1 Å². The average Bonchev–Trinajstić information content (AvgIpc) is 1.99. The predicted molar refractivity (Wildman–Crippen MR) is 53.6 cm³/mol. The highest BCUT2D eigenvalue weighted by Gasteiger charge is 2.31. The van der Waals surface area contributed by atoms with Gasteiger partial charge in [-0.1, -0.05) is 13.8 Å². The van der Waals surface area contributed by atoms with Crippen LogP contribution in [0.5, 0.6) is 0 Å². The van der Waals surface area contributed by atoms with Gasteiger partial charge in [0.15, 0.2) is 0 Å². The van der Waals surface area contributed by atoms with Crippen molar-refractivity contribution >= 4 is 0 Å². The molecule has 0 heterocycles. The van der Waals surface area contributed by atoms with Crippen molar-refractivity contribution in [3.05, 3.63) is 0 Å². The Kier molecular flexibility index (Phi) is 5.59. The van der Waals surface area contributed by atoms with Gasteiger partial charge in [-0.3, -0.25) is 0 Å². The zero-order valence-corrected chi connectivity index (χ0v) is 9.49. The van der Waals surface area contributed by atoms with Crippen LogP contribution in [-0.4, -0.2) is 30.0 Å². The smallest absolute Gasteiger partial charge is 0.389 e. The molecule has 0 saturated heterocycles. The maximum absolute atomic E-state index is 11.9. The second-order valence-electron chi connectivity index (χ2n) is 4.64. The molecule has 1 unspecified atom stereocenters. The third-order valence-electron chi connectivity index (χ3n) is 2.01. The maximum Gasteiger partial charge on any atom is 0.389 e. The van der Waals surface area contributed by atoms with Crippen molar-refractivity contribution in [2.24, 2.45) is 5.92 Å². The Bertz CT molecular complexity index is 178. The van der Waals surface area contributed by atoms with Crippen LogP contribution in [0.2, 0.25) is 0 Å². The Balaban J connectivity index is 3.77. The second kappa shape index (κ2) is 5.70. The molecule has 0 radical (unpaired) electrons. The van der Waals surface area contributed by atoms with Gasteiger partial charge in [0.2, 0.25) is 0 Å². The molecule has 0 bridgehead atoms. The van der Waals surface area contributed by atoms with E-state index in [0.29, 0.717) is 12.5 Å². The second-order valence-corrected chi connectivity index (χ2v) is 4.64. The molecule has 0 aromatic carbocycles. The molecule has 5 heteroatoms. The van der Waals surface area contributed by atoms with Crippen LogP contribution in [0.3, 0.4) is 0 Å². The van der Waals surface area contributed by atoms with Crippen molar-refractivity contribution in [3.8, 4) is 0 Å². The lowest BCUT2D eigenvalue weighted by atomic mass is 10.00. The van der Waals surface area contributed by atoms with Crippen molar-refractivity contribution < 1.29 is 18.3 Å². The van der Waals surface area contributed by atoms with E-state index >= 15 is 0 Å². The third kappa shape index (κ3) is 10.0. The highest BCUT2D eigenvalue weighted by Crippen LogP contribution is 2.25. The van der Waals surface area contributed by atoms with Gasteiger partial charge in [-0.2, -0.15) is 13.2 Å². The fourth-order valence-corrected chi connectivity index (χ4v) is 1.13. The molecule has 0 amide bonds. The summed E-state index contributed by atoms with van der Waals surface area (Å²) in [7, 11) is 0. The molecule has 0 spiro atoms. The van der Waals surface area contributed by atoms with E-state index in [9.17, 15) is 18.3 Å². The molecule has 0 aromatic heterocycles. The van der Waals surface area contributed by atoms with Gasteiger partial charge in [0, 0.05) is 13.0 Å². The number of nitrogens with one attached hydrogen (secondary N) is 1. The predicted octanol–water partition coefficient (Wildman–Crippen LogP) is 2.33. The van der Waals surface area contributed by atoms with Gasteiger partial charge < -0.3 is 10.4 Å². The van der Waals surface area contributed by atoms with Gasteiger partial charge in [0.1, 0.15) is 0 Å². The summed E-state index contributed by atoms with van der Waals surface area (Å²) in [6.45, 7) is 6.31. The molecule has 0 aromatic rings. The zero-order chi connectivity index (χ0) is 12.1. The molecule has 2 nitrogen and oxygen atoms in total. The van der Waals surface area contributed by atoms with E-state index in [-0.39, 0.29) is 13.0 Å². The Labute approximate surface area is 88.9 Å². The van der Waals surface area contributed by atoms with Crippen LogP contribution in [0.1, 0.15) is 33.6 Å². The molecule has 0 rings (SSSR count). The van der Waals surface area contributed by atoms with Crippen LogP contribution >= 0.6 is 0 Å². The van der Waals surface area contributed by atoms with E-state index in [1.807, 2.05) is 13.8 Å². The first-order chi connectivity index (χ1) is 6.62. The van der Waals surface area contributed by atoms with E-state index in [0.717, 1.165) is 0 Å². The van der Waals surface area contributed by atoms with Gasteiger partial charge in [-0.15, -0.1) is 0 Å². The van der Waals surface area contributed by atoms with Gasteiger partial charge in [0.05, 0.1) is 5.60 Å². The average molecular weight is 227 g/mol. The standard InChI is InChI=1S/C10H20F3NO/c1-8(2)6-14-7-9(3,15)4-5-10(11,12)13/h8,14-15H,4-7H2,1-3H3.